The molecule has 1 saturated carbocycles. The number of nitrogens with one attached hydrogen (secondary N) is 1. The van der Waals surface area contributed by atoms with Crippen molar-refractivity contribution in [3.05, 3.63) is 34.7 Å². The number of piperidine rings is 1. The van der Waals surface area contributed by atoms with Gasteiger partial charge in [0.1, 0.15) is 0 Å². The van der Waals surface area contributed by atoms with Gasteiger partial charge in [0.25, 0.3) is 0 Å². The highest BCUT2D eigenvalue weighted by Crippen LogP contribution is 2.29. The van der Waals surface area contributed by atoms with Crippen molar-refractivity contribution in [2.24, 2.45) is 0 Å². The van der Waals surface area contributed by atoms with Crippen LogP contribution in [0.5, 0.6) is 0 Å². The lowest BCUT2D eigenvalue weighted by Gasteiger charge is -2.37. The Bertz CT molecular complexity index is 701. The minimum Gasteiger partial charge on any atom is -0.306 e. The first-order valence-corrected chi connectivity index (χ1v) is 9.26. The van der Waals surface area contributed by atoms with Crippen LogP contribution in [0.25, 0.3) is 11.0 Å². The van der Waals surface area contributed by atoms with Crippen molar-refractivity contribution in [1.29, 1.82) is 0 Å². The molecular formula is C19H27N3O. The van der Waals surface area contributed by atoms with Gasteiger partial charge in [-0.05, 0) is 37.8 Å². The van der Waals surface area contributed by atoms with E-state index in [2.05, 4.69) is 16.0 Å². The second-order valence-corrected chi connectivity index (χ2v) is 7.23. The zero-order valence-corrected chi connectivity index (χ0v) is 13.8. The minimum atomic E-state index is 0.0547. The number of imidazole rings is 1. The summed E-state index contributed by atoms with van der Waals surface area (Å²) in [5.74, 6) is 0. The van der Waals surface area contributed by atoms with Crippen LogP contribution < -0.4 is 5.69 Å². The molecule has 0 atom stereocenters. The lowest BCUT2D eigenvalue weighted by Crippen LogP contribution is -2.42. The van der Waals surface area contributed by atoms with Crippen molar-refractivity contribution in [2.75, 3.05) is 13.1 Å². The molecule has 0 spiro atoms. The molecule has 4 nitrogen and oxygen atoms in total. The summed E-state index contributed by atoms with van der Waals surface area (Å²) in [4.78, 5) is 18.1. The predicted molar refractivity (Wildman–Crippen MR) is 93.9 cm³/mol. The quantitative estimate of drug-likeness (QED) is 0.859. The third kappa shape index (κ3) is 2.97. The maximum atomic E-state index is 12.4. The maximum absolute atomic E-state index is 12.4. The molecule has 23 heavy (non-hydrogen) atoms. The van der Waals surface area contributed by atoms with E-state index in [1.165, 1.54) is 38.5 Å². The first-order valence-electron chi connectivity index (χ1n) is 9.26. The molecular weight excluding hydrogens is 286 g/mol. The van der Waals surface area contributed by atoms with E-state index in [0.29, 0.717) is 6.04 Å². The largest absolute Gasteiger partial charge is 0.326 e. The summed E-state index contributed by atoms with van der Waals surface area (Å²) in [6.07, 6.45) is 10.6. The Kier molecular flexibility index (Phi) is 4.25. The van der Waals surface area contributed by atoms with Gasteiger partial charge in [-0.1, -0.05) is 37.8 Å². The van der Waals surface area contributed by atoms with E-state index in [9.17, 15) is 4.79 Å². The number of hydrogen-bond donors (Lipinski definition) is 1. The molecule has 1 aromatic carbocycles. The summed E-state index contributed by atoms with van der Waals surface area (Å²) in [6.45, 7) is 2.28. The van der Waals surface area contributed by atoms with Gasteiger partial charge in [0.05, 0.1) is 11.0 Å². The van der Waals surface area contributed by atoms with Crippen LogP contribution in [0.4, 0.5) is 0 Å². The fraction of sp³-hybridized carbons (Fsp3) is 0.632. The Labute approximate surface area is 137 Å². The topological polar surface area (TPSA) is 41.0 Å². The zero-order chi connectivity index (χ0) is 15.6. The third-order valence-corrected chi connectivity index (χ3v) is 5.83. The Morgan fingerprint density at radius 3 is 2.30 bits per heavy atom. The van der Waals surface area contributed by atoms with Gasteiger partial charge < -0.3 is 9.88 Å². The zero-order valence-electron chi connectivity index (χ0n) is 13.8. The minimum absolute atomic E-state index is 0.0547. The van der Waals surface area contributed by atoms with Gasteiger partial charge >= 0.3 is 5.69 Å². The summed E-state index contributed by atoms with van der Waals surface area (Å²) >= 11 is 0. The molecule has 1 N–H and O–H groups in total. The van der Waals surface area contributed by atoms with Gasteiger partial charge in [-0.3, -0.25) is 4.57 Å². The van der Waals surface area contributed by atoms with Crippen molar-refractivity contribution in [3.8, 4) is 0 Å². The highest BCUT2D eigenvalue weighted by molar-refractivity contribution is 5.75. The van der Waals surface area contributed by atoms with Crippen LogP contribution in [-0.4, -0.2) is 33.6 Å². The fourth-order valence-electron chi connectivity index (χ4n) is 4.57. The smallest absolute Gasteiger partial charge is 0.306 e. The molecule has 1 saturated heterocycles. The van der Waals surface area contributed by atoms with Gasteiger partial charge in [0.15, 0.2) is 0 Å². The maximum Gasteiger partial charge on any atom is 0.326 e. The van der Waals surface area contributed by atoms with Crippen LogP contribution in [0, 0.1) is 0 Å². The van der Waals surface area contributed by atoms with E-state index in [4.69, 9.17) is 0 Å². The number of H-pyrrole nitrogens is 1. The Balaban J connectivity index is 1.48. The van der Waals surface area contributed by atoms with E-state index in [1.807, 2.05) is 22.8 Å². The number of aromatic amines is 1. The number of fused-ring (bicyclic) bond motifs is 1. The van der Waals surface area contributed by atoms with Crippen LogP contribution in [0.1, 0.15) is 57.4 Å². The average Bonchev–Trinajstić information content (AvgIpc) is 2.76. The first-order chi connectivity index (χ1) is 11.3. The number of nitrogens with zero attached hydrogens (tertiary/aromatic N) is 2. The molecule has 2 aromatic rings. The van der Waals surface area contributed by atoms with Crippen LogP contribution in [-0.2, 0) is 0 Å². The molecule has 0 bridgehead atoms. The fourth-order valence-corrected chi connectivity index (χ4v) is 4.57. The summed E-state index contributed by atoms with van der Waals surface area (Å²) in [5.41, 5.74) is 2.08. The molecule has 1 aliphatic carbocycles. The number of rotatable bonds is 2. The standard InChI is InChI=1S/C19H27N3O/c23-19-20-17-9-5-6-10-18(17)22(19)16-11-13-21(14-12-16)15-7-3-1-2-4-8-15/h5-6,9-10,15-16H,1-4,7-8,11-14H2,(H,20,23). The molecule has 124 valence electrons. The van der Waals surface area contributed by atoms with Gasteiger partial charge in [0, 0.05) is 25.2 Å². The van der Waals surface area contributed by atoms with Crippen LogP contribution in [0.3, 0.4) is 0 Å². The van der Waals surface area contributed by atoms with Crippen molar-refractivity contribution in [2.45, 2.75) is 63.5 Å². The van der Waals surface area contributed by atoms with Gasteiger partial charge in [-0.2, -0.15) is 0 Å². The van der Waals surface area contributed by atoms with Gasteiger partial charge in [-0.25, -0.2) is 4.79 Å². The normalized spacial score (nSPS) is 22.4. The third-order valence-electron chi connectivity index (χ3n) is 5.83. The molecule has 2 fully saturated rings. The molecule has 1 aliphatic heterocycles. The summed E-state index contributed by atoms with van der Waals surface area (Å²) < 4.78 is 2.00. The highest BCUT2D eigenvalue weighted by atomic mass is 16.1. The molecule has 1 aromatic heterocycles. The predicted octanol–water partition coefficient (Wildman–Crippen LogP) is 3.69. The number of likely N-dealkylation sites (tertiary alicyclic amines) is 1. The first kappa shape index (κ1) is 15.0. The van der Waals surface area contributed by atoms with E-state index in [-0.39, 0.29) is 5.69 Å². The van der Waals surface area contributed by atoms with Crippen LogP contribution in [0.15, 0.2) is 29.1 Å². The van der Waals surface area contributed by atoms with Crippen molar-refractivity contribution >= 4 is 11.0 Å². The summed E-state index contributed by atoms with van der Waals surface area (Å²) in [7, 11) is 0. The summed E-state index contributed by atoms with van der Waals surface area (Å²) in [6, 6.07) is 9.20. The second-order valence-electron chi connectivity index (χ2n) is 7.23. The lowest BCUT2D eigenvalue weighted by atomic mass is 9.99. The summed E-state index contributed by atoms with van der Waals surface area (Å²) in [5, 5.41) is 0. The van der Waals surface area contributed by atoms with Crippen molar-refractivity contribution in [3.63, 3.8) is 0 Å². The number of hydrogen-bond acceptors (Lipinski definition) is 2. The number of aromatic nitrogens is 2. The average molecular weight is 313 g/mol. The van der Waals surface area contributed by atoms with Crippen molar-refractivity contribution in [1.82, 2.24) is 14.5 Å². The Morgan fingerprint density at radius 2 is 1.57 bits per heavy atom. The van der Waals surface area contributed by atoms with Crippen molar-refractivity contribution < 1.29 is 0 Å². The Morgan fingerprint density at radius 1 is 0.870 bits per heavy atom. The molecule has 0 amide bonds. The second kappa shape index (κ2) is 6.52. The lowest BCUT2D eigenvalue weighted by molar-refractivity contribution is 0.124. The number of para-hydroxylation sites is 2. The van der Waals surface area contributed by atoms with E-state index < -0.39 is 0 Å². The Hall–Kier alpha value is -1.55. The monoisotopic (exact) mass is 313 g/mol. The van der Waals surface area contributed by atoms with E-state index >= 15 is 0 Å². The van der Waals surface area contributed by atoms with Crippen LogP contribution in [0.2, 0.25) is 0 Å². The SMILES string of the molecule is O=c1[nH]c2ccccc2n1C1CCN(C2CCCCCC2)CC1. The van der Waals surface area contributed by atoms with Crippen LogP contribution >= 0.6 is 0 Å². The molecule has 4 rings (SSSR count). The molecule has 2 aliphatic rings. The van der Waals surface area contributed by atoms with E-state index in [1.54, 1.807) is 0 Å². The molecule has 0 radical (unpaired) electrons. The highest BCUT2D eigenvalue weighted by Gasteiger charge is 2.27. The van der Waals surface area contributed by atoms with Gasteiger partial charge in [-0.15, -0.1) is 0 Å². The number of benzene rings is 1. The van der Waals surface area contributed by atoms with E-state index in [0.717, 1.165) is 43.0 Å². The molecule has 2 heterocycles. The van der Waals surface area contributed by atoms with Gasteiger partial charge in [0.2, 0.25) is 0 Å². The molecule has 4 heteroatoms. The molecule has 0 unspecified atom stereocenters.